The first kappa shape index (κ1) is 19.8. The van der Waals surface area contributed by atoms with Crippen molar-refractivity contribution in [1.29, 1.82) is 0 Å². The van der Waals surface area contributed by atoms with Gasteiger partial charge in [-0.2, -0.15) is 4.68 Å². The maximum Gasteiger partial charge on any atom is 0.360 e. The molecule has 0 atom stereocenters. The number of rotatable bonds is 6. The molecule has 10 heteroatoms. The lowest BCUT2D eigenvalue weighted by atomic mass is 9.88. The summed E-state index contributed by atoms with van der Waals surface area (Å²) < 4.78 is 11.2. The van der Waals surface area contributed by atoms with E-state index in [0.29, 0.717) is 24.3 Å². The highest BCUT2D eigenvalue weighted by Crippen LogP contribution is 2.32. The highest BCUT2D eigenvalue weighted by molar-refractivity contribution is 5.88. The van der Waals surface area contributed by atoms with Crippen LogP contribution in [0.25, 0.3) is 5.82 Å². The summed E-state index contributed by atoms with van der Waals surface area (Å²) in [7, 11) is 1.34. The average Bonchev–Trinajstić information content (AvgIpc) is 3.38. The highest BCUT2D eigenvalue weighted by Gasteiger charge is 2.33. The number of carbonyl (C=O) groups is 1. The van der Waals surface area contributed by atoms with E-state index in [2.05, 4.69) is 25.5 Å². The number of anilines is 1. The minimum absolute atomic E-state index is 0.106. The number of nitrogens with two attached hydrogens (primary N) is 1. The average molecular weight is 403 g/mol. The summed E-state index contributed by atoms with van der Waals surface area (Å²) >= 11 is 0. The molecule has 0 spiro atoms. The van der Waals surface area contributed by atoms with E-state index in [1.807, 2.05) is 0 Å². The quantitative estimate of drug-likeness (QED) is 0.724. The molecule has 10 nitrogen and oxygen atoms in total. The first-order valence-electron chi connectivity index (χ1n) is 10.6. The van der Waals surface area contributed by atoms with Gasteiger partial charge in [0.2, 0.25) is 11.6 Å². The Morgan fingerprint density at radius 1 is 1.10 bits per heavy atom. The second-order valence-corrected chi connectivity index (χ2v) is 8.02. The molecule has 4 rings (SSSR count). The van der Waals surface area contributed by atoms with Gasteiger partial charge in [0.05, 0.1) is 12.8 Å². The van der Waals surface area contributed by atoms with E-state index in [1.165, 1.54) is 76.0 Å². The predicted octanol–water partition coefficient (Wildman–Crippen LogP) is 2.49. The van der Waals surface area contributed by atoms with Crippen molar-refractivity contribution in [1.82, 2.24) is 30.2 Å². The zero-order chi connectivity index (χ0) is 20.2. The summed E-state index contributed by atoms with van der Waals surface area (Å²) in [5, 5.41) is 15.7. The Hall–Kier alpha value is -2.49. The molecule has 2 aliphatic rings. The SMILES string of the molecule is COC(=O)c1nnn(-c2nonc2N)c1CN(C1CCCCC1)C1CCCCC1. The molecule has 2 aromatic rings. The molecule has 2 saturated carbocycles. The molecule has 2 aromatic heterocycles. The molecule has 2 aliphatic carbocycles. The number of nitrogens with zero attached hydrogens (tertiary/aromatic N) is 6. The fourth-order valence-electron chi connectivity index (χ4n) is 4.76. The number of hydrogen-bond acceptors (Lipinski definition) is 9. The number of aromatic nitrogens is 5. The van der Waals surface area contributed by atoms with Crippen LogP contribution in [0.1, 0.15) is 80.4 Å². The smallest absolute Gasteiger partial charge is 0.360 e. The van der Waals surface area contributed by atoms with Crippen LogP contribution in [0, 0.1) is 0 Å². The normalized spacial score (nSPS) is 19.0. The summed E-state index contributed by atoms with van der Waals surface area (Å²) in [6, 6.07) is 0.988. The van der Waals surface area contributed by atoms with Crippen LogP contribution in [-0.4, -0.2) is 55.4 Å². The van der Waals surface area contributed by atoms with Crippen molar-refractivity contribution in [2.24, 2.45) is 0 Å². The highest BCUT2D eigenvalue weighted by atomic mass is 16.6. The molecule has 0 bridgehead atoms. The Morgan fingerprint density at radius 3 is 2.24 bits per heavy atom. The first-order chi connectivity index (χ1) is 14.2. The standard InChI is InChI=1S/C19H29N7O3/c1-28-19(27)16-15(26(24-21-16)18-17(20)22-29-23-18)12-25(13-8-4-2-5-9-13)14-10-6-3-7-11-14/h13-14H,2-12H2,1H3,(H2,20,22). The van der Waals surface area contributed by atoms with Gasteiger partial charge in [-0.3, -0.25) is 4.90 Å². The van der Waals surface area contributed by atoms with Gasteiger partial charge in [-0.1, -0.05) is 43.7 Å². The van der Waals surface area contributed by atoms with E-state index in [4.69, 9.17) is 15.1 Å². The van der Waals surface area contributed by atoms with Gasteiger partial charge in [-0.15, -0.1) is 5.10 Å². The van der Waals surface area contributed by atoms with Crippen molar-refractivity contribution in [2.75, 3.05) is 12.8 Å². The topological polar surface area (TPSA) is 125 Å². The monoisotopic (exact) mass is 403 g/mol. The van der Waals surface area contributed by atoms with Crippen LogP contribution in [0.3, 0.4) is 0 Å². The van der Waals surface area contributed by atoms with E-state index in [-0.39, 0.29) is 17.3 Å². The number of hydrogen-bond donors (Lipinski definition) is 1. The van der Waals surface area contributed by atoms with Crippen molar-refractivity contribution in [3.05, 3.63) is 11.4 Å². The molecule has 2 N–H and O–H groups in total. The van der Waals surface area contributed by atoms with Crippen LogP contribution in [0.5, 0.6) is 0 Å². The Kier molecular flexibility index (Phi) is 6.08. The molecule has 0 radical (unpaired) electrons. The van der Waals surface area contributed by atoms with Crippen LogP contribution in [-0.2, 0) is 11.3 Å². The van der Waals surface area contributed by atoms with E-state index in [9.17, 15) is 4.79 Å². The van der Waals surface area contributed by atoms with Gasteiger partial charge in [0, 0.05) is 18.6 Å². The Morgan fingerprint density at radius 2 is 1.72 bits per heavy atom. The van der Waals surface area contributed by atoms with Crippen molar-refractivity contribution in [2.45, 2.75) is 82.8 Å². The zero-order valence-electron chi connectivity index (χ0n) is 16.9. The second kappa shape index (κ2) is 8.89. The lowest BCUT2D eigenvalue weighted by molar-refractivity contribution is 0.0573. The van der Waals surface area contributed by atoms with E-state index in [0.717, 1.165) is 0 Å². The Balaban J connectivity index is 1.71. The van der Waals surface area contributed by atoms with Crippen LogP contribution in [0.2, 0.25) is 0 Å². The second-order valence-electron chi connectivity index (χ2n) is 8.02. The summed E-state index contributed by atoms with van der Waals surface area (Å²) in [6.07, 6.45) is 12.3. The minimum atomic E-state index is -0.520. The van der Waals surface area contributed by atoms with E-state index >= 15 is 0 Å². The lowest BCUT2D eigenvalue weighted by Gasteiger charge is -2.41. The third-order valence-corrected chi connectivity index (χ3v) is 6.26. The van der Waals surface area contributed by atoms with Crippen LogP contribution in [0.15, 0.2) is 4.63 Å². The number of nitrogen functional groups attached to an aromatic ring is 1. The maximum atomic E-state index is 12.4. The molecule has 0 saturated heterocycles. The third-order valence-electron chi connectivity index (χ3n) is 6.26. The lowest BCUT2D eigenvalue weighted by Crippen LogP contribution is -2.45. The van der Waals surface area contributed by atoms with Gasteiger partial charge in [0.25, 0.3) is 0 Å². The molecule has 0 amide bonds. The zero-order valence-corrected chi connectivity index (χ0v) is 16.9. The molecule has 2 heterocycles. The minimum Gasteiger partial charge on any atom is -0.464 e. The molecule has 158 valence electrons. The van der Waals surface area contributed by atoms with E-state index < -0.39 is 5.97 Å². The summed E-state index contributed by atoms with van der Waals surface area (Å²) in [4.78, 5) is 14.9. The molecule has 0 aromatic carbocycles. The molecule has 0 aliphatic heterocycles. The largest absolute Gasteiger partial charge is 0.464 e. The van der Waals surface area contributed by atoms with Crippen LogP contribution < -0.4 is 5.73 Å². The van der Waals surface area contributed by atoms with E-state index in [1.54, 1.807) is 0 Å². The first-order valence-corrected chi connectivity index (χ1v) is 10.6. The Bertz CT molecular complexity index is 804. The van der Waals surface area contributed by atoms with Crippen molar-refractivity contribution < 1.29 is 14.2 Å². The molecular formula is C19H29N7O3. The van der Waals surface area contributed by atoms with Gasteiger partial charge >= 0.3 is 5.97 Å². The molecule has 29 heavy (non-hydrogen) atoms. The fraction of sp³-hybridized carbons (Fsp3) is 0.737. The summed E-state index contributed by atoms with van der Waals surface area (Å²) in [5.41, 5.74) is 6.70. The molecular weight excluding hydrogens is 374 g/mol. The van der Waals surface area contributed by atoms with Crippen molar-refractivity contribution in [3.8, 4) is 5.82 Å². The Labute approximate surface area is 169 Å². The number of carbonyl (C=O) groups excluding carboxylic acids is 1. The van der Waals surface area contributed by atoms with Crippen LogP contribution >= 0.6 is 0 Å². The van der Waals surface area contributed by atoms with Crippen LogP contribution in [0.4, 0.5) is 5.82 Å². The molecule has 2 fully saturated rings. The predicted molar refractivity (Wildman–Crippen MR) is 104 cm³/mol. The fourth-order valence-corrected chi connectivity index (χ4v) is 4.76. The van der Waals surface area contributed by atoms with Gasteiger partial charge in [-0.05, 0) is 36.0 Å². The van der Waals surface area contributed by atoms with Gasteiger partial charge in [-0.25, -0.2) is 9.42 Å². The third kappa shape index (κ3) is 4.12. The van der Waals surface area contributed by atoms with Gasteiger partial charge < -0.3 is 10.5 Å². The van der Waals surface area contributed by atoms with Crippen molar-refractivity contribution >= 4 is 11.8 Å². The van der Waals surface area contributed by atoms with Gasteiger partial charge in [0.15, 0.2) is 5.69 Å². The molecule has 0 unspecified atom stereocenters. The number of ether oxygens (including phenoxy) is 1. The van der Waals surface area contributed by atoms with Gasteiger partial charge in [0.1, 0.15) is 0 Å². The summed E-state index contributed by atoms with van der Waals surface area (Å²) in [5.74, 6) is -0.169. The number of methoxy groups -OCH3 is 1. The van der Waals surface area contributed by atoms with Crippen molar-refractivity contribution in [3.63, 3.8) is 0 Å². The number of esters is 1. The summed E-state index contributed by atoms with van der Waals surface area (Å²) in [6.45, 7) is 0.541. The maximum absolute atomic E-state index is 12.4.